The summed E-state index contributed by atoms with van der Waals surface area (Å²) in [5.74, 6) is 1.45. The van der Waals surface area contributed by atoms with Crippen LogP contribution in [-0.2, 0) is 11.2 Å². The van der Waals surface area contributed by atoms with Gasteiger partial charge in [0, 0.05) is 12.6 Å². The molecule has 112 valence electrons. The van der Waals surface area contributed by atoms with E-state index in [-0.39, 0.29) is 12.0 Å². The van der Waals surface area contributed by atoms with Gasteiger partial charge in [0.1, 0.15) is 5.75 Å². The van der Waals surface area contributed by atoms with Crippen LogP contribution >= 0.6 is 0 Å². The monoisotopic (exact) mass is 286 g/mol. The van der Waals surface area contributed by atoms with Crippen LogP contribution in [0.5, 0.6) is 5.75 Å². The third-order valence-corrected chi connectivity index (χ3v) is 5.37. The third-order valence-electron chi connectivity index (χ3n) is 5.37. The lowest BCUT2D eigenvalue weighted by atomic mass is 9.77. The minimum Gasteiger partial charge on any atom is -0.497 e. The summed E-state index contributed by atoms with van der Waals surface area (Å²) in [5.41, 5.74) is 2.67. The highest BCUT2D eigenvalue weighted by molar-refractivity contribution is 5.81. The number of carbonyl (C=O) groups is 1. The summed E-state index contributed by atoms with van der Waals surface area (Å²) in [6.45, 7) is 1.91. The van der Waals surface area contributed by atoms with Gasteiger partial charge in [0.25, 0.3) is 0 Å². The van der Waals surface area contributed by atoms with Crippen molar-refractivity contribution in [1.82, 2.24) is 10.2 Å². The molecule has 3 aliphatic rings. The average molecular weight is 286 g/mol. The van der Waals surface area contributed by atoms with Crippen LogP contribution in [0.2, 0.25) is 0 Å². The van der Waals surface area contributed by atoms with E-state index in [9.17, 15) is 4.79 Å². The molecule has 1 N–H and O–H groups in total. The number of amides is 1. The number of rotatable bonds is 1. The Morgan fingerprint density at radius 2 is 2.29 bits per heavy atom. The van der Waals surface area contributed by atoms with E-state index in [1.54, 1.807) is 7.11 Å². The van der Waals surface area contributed by atoms with Crippen molar-refractivity contribution in [2.75, 3.05) is 20.2 Å². The molecule has 0 aliphatic carbocycles. The molecular weight excluding hydrogens is 264 g/mol. The summed E-state index contributed by atoms with van der Waals surface area (Å²) < 4.78 is 5.37. The molecule has 1 amide bonds. The van der Waals surface area contributed by atoms with Crippen molar-refractivity contribution in [2.45, 2.75) is 37.8 Å². The molecule has 2 saturated heterocycles. The molecule has 21 heavy (non-hydrogen) atoms. The van der Waals surface area contributed by atoms with Gasteiger partial charge in [-0.25, -0.2) is 0 Å². The van der Waals surface area contributed by atoms with Crippen molar-refractivity contribution in [3.8, 4) is 5.75 Å². The van der Waals surface area contributed by atoms with Crippen LogP contribution in [0.3, 0.4) is 0 Å². The number of hydrogen-bond acceptors (Lipinski definition) is 3. The number of nitrogens with one attached hydrogen (secondary N) is 1. The SMILES string of the molecule is COc1ccc2c(c1)[C@@H]1C[C@@H]3NCCC[C@@H]3C(=O)N1CC2. The van der Waals surface area contributed by atoms with Gasteiger partial charge in [0.2, 0.25) is 5.91 Å². The zero-order chi connectivity index (χ0) is 14.4. The van der Waals surface area contributed by atoms with Crippen molar-refractivity contribution in [3.05, 3.63) is 29.3 Å². The van der Waals surface area contributed by atoms with Crippen LogP contribution < -0.4 is 10.1 Å². The standard InChI is InChI=1S/C17H22N2O2/c1-21-12-5-4-11-6-8-19-16(14(11)9-12)10-15-13(17(19)20)3-2-7-18-15/h4-5,9,13,15-16,18H,2-3,6-8,10H2,1H3/t13-,15-,16-/m0/s1. The Hall–Kier alpha value is -1.55. The highest BCUT2D eigenvalue weighted by Gasteiger charge is 2.44. The molecule has 0 radical (unpaired) electrons. The lowest BCUT2D eigenvalue weighted by molar-refractivity contribution is -0.145. The normalized spacial score (nSPS) is 31.2. The molecule has 1 aromatic carbocycles. The average Bonchev–Trinajstić information content (AvgIpc) is 2.54. The smallest absolute Gasteiger partial charge is 0.227 e. The fourth-order valence-corrected chi connectivity index (χ4v) is 4.27. The van der Waals surface area contributed by atoms with Crippen molar-refractivity contribution in [3.63, 3.8) is 0 Å². The number of ether oxygens (including phenoxy) is 1. The molecule has 0 unspecified atom stereocenters. The molecule has 0 aromatic heterocycles. The minimum absolute atomic E-state index is 0.196. The number of piperidine rings is 2. The van der Waals surface area contributed by atoms with E-state index >= 15 is 0 Å². The highest BCUT2D eigenvalue weighted by Crippen LogP contribution is 2.42. The van der Waals surface area contributed by atoms with E-state index in [4.69, 9.17) is 4.74 Å². The Bertz CT molecular complexity index is 572. The molecule has 2 fully saturated rings. The van der Waals surface area contributed by atoms with E-state index in [0.717, 1.165) is 44.5 Å². The summed E-state index contributed by atoms with van der Waals surface area (Å²) in [4.78, 5) is 14.9. The first kappa shape index (κ1) is 13.1. The summed E-state index contributed by atoms with van der Waals surface area (Å²) in [7, 11) is 1.70. The molecule has 0 saturated carbocycles. The van der Waals surface area contributed by atoms with Crippen LogP contribution in [0, 0.1) is 5.92 Å². The number of fused-ring (bicyclic) bond motifs is 4. The molecule has 4 rings (SSSR count). The minimum atomic E-state index is 0.196. The maximum absolute atomic E-state index is 12.8. The van der Waals surface area contributed by atoms with Gasteiger partial charge in [0.15, 0.2) is 0 Å². The second kappa shape index (κ2) is 5.02. The first-order chi connectivity index (χ1) is 10.3. The van der Waals surface area contributed by atoms with Gasteiger partial charge in [-0.3, -0.25) is 4.79 Å². The Morgan fingerprint density at radius 1 is 1.38 bits per heavy atom. The summed E-state index contributed by atoms with van der Waals surface area (Å²) in [6, 6.07) is 6.90. The summed E-state index contributed by atoms with van der Waals surface area (Å²) in [6.07, 6.45) is 4.17. The van der Waals surface area contributed by atoms with Gasteiger partial charge in [0.05, 0.1) is 19.1 Å². The Labute approximate surface area is 125 Å². The summed E-state index contributed by atoms with van der Waals surface area (Å²) in [5, 5.41) is 3.57. The van der Waals surface area contributed by atoms with E-state index < -0.39 is 0 Å². The Kier molecular flexibility index (Phi) is 3.14. The van der Waals surface area contributed by atoms with Crippen molar-refractivity contribution >= 4 is 5.91 Å². The molecule has 4 nitrogen and oxygen atoms in total. The maximum atomic E-state index is 12.8. The highest BCUT2D eigenvalue weighted by atomic mass is 16.5. The molecule has 3 heterocycles. The fourth-order valence-electron chi connectivity index (χ4n) is 4.27. The van der Waals surface area contributed by atoms with Gasteiger partial charge < -0.3 is 15.0 Å². The molecule has 0 spiro atoms. The summed E-state index contributed by atoms with van der Waals surface area (Å²) >= 11 is 0. The topological polar surface area (TPSA) is 41.6 Å². The van der Waals surface area contributed by atoms with Crippen LogP contribution in [0.25, 0.3) is 0 Å². The Morgan fingerprint density at radius 3 is 3.14 bits per heavy atom. The van der Waals surface area contributed by atoms with E-state index in [1.165, 1.54) is 11.1 Å². The van der Waals surface area contributed by atoms with Gasteiger partial charge in [-0.05, 0) is 55.5 Å². The largest absolute Gasteiger partial charge is 0.497 e. The second-order valence-corrected chi connectivity index (χ2v) is 6.41. The van der Waals surface area contributed by atoms with Crippen molar-refractivity contribution in [1.29, 1.82) is 0 Å². The van der Waals surface area contributed by atoms with E-state index in [0.29, 0.717) is 11.9 Å². The van der Waals surface area contributed by atoms with Crippen LogP contribution in [0.15, 0.2) is 18.2 Å². The lowest BCUT2D eigenvalue weighted by Gasteiger charge is -2.48. The number of carbonyl (C=O) groups excluding carboxylic acids is 1. The molecule has 3 atom stereocenters. The number of benzene rings is 1. The van der Waals surface area contributed by atoms with Gasteiger partial charge in [-0.1, -0.05) is 6.07 Å². The first-order valence-corrected chi connectivity index (χ1v) is 7.98. The molecule has 0 bridgehead atoms. The lowest BCUT2D eigenvalue weighted by Crippen LogP contribution is -2.57. The van der Waals surface area contributed by atoms with Gasteiger partial charge in [-0.15, -0.1) is 0 Å². The molecule has 1 aromatic rings. The van der Waals surface area contributed by atoms with E-state index in [2.05, 4.69) is 22.3 Å². The first-order valence-electron chi connectivity index (χ1n) is 7.98. The van der Waals surface area contributed by atoms with Crippen molar-refractivity contribution in [2.24, 2.45) is 5.92 Å². The zero-order valence-electron chi connectivity index (χ0n) is 12.5. The predicted octanol–water partition coefficient (Wildman–Crippen LogP) is 1.89. The molecule has 3 aliphatic heterocycles. The predicted molar refractivity (Wildman–Crippen MR) is 80.3 cm³/mol. The third kappa shape index (κ3) is 2.04. The van der Waals surface area contributed by atoms with E-state index in [1.807, 2.05) is 6.07 Å². The molecule has 4 heteroatoms. The van der Waals surface area contributed by atoms with Crippen molar-refractivity contribution < 1.29 is 9.53 Å². The van der Waals surface area contributed by atoms with Gasteiger partial charge in [-0.2, -0.15) is 0 Å². The number of nitrogens with zero attached hydrogens (tertiary/aromatic N) is 1. The number of hydrogen-bond donors (Lipinski definition) is 1. The zero-order valence-corrected chi connectivity index (χ0v) is 12.5. The Balaban J connectivity index is 1.71. The van der Waals surface area contributed by atoms with Crippen LogP contribution in [-0.4, -0.2) is 37.0 Å². The second-order valence-electron chi connectivity index (χ2n) is 6.41. The number of methoxy groups -OCH3 is 1. The molecular formula is C17H22N2O2. The van der Waals surface area contributed by atoms with Crippen LogP contribution in [0.1, 0.15) is 36.4 Å². The van der Waals surface area contributed by atoms with Crippen LogP contribution in [0.4, 0.5) is 0 Å². The quantitative estimate of drug-likeness (QED) is 0.857. The van der Waals surface area contributed by atoms with Gasteiger partial charge >= 0.3 is 0 Å². The fraction of sp³-hybridized carbons (Fsp3) is 0.588. The maximum Gasteiger partial charge on any atom is 0.227 e.